The van der Waals surface area contributed by atoms with Crippen molar-refractivity contribution < 1.29 is 9.21 Å². The fourth-order valence-electron chi connectivity index (χ4n) is 3.65. The first-order chi connectivity index (χ1) is 16.2. The molecule has 0 fully saturated rings. The van der Waals surface area contributed by atoms with Crippen molar-refractivity contribution in [3.8, 4) is 22.9 Å². The summed E-state index contributed by atoms with van der Waals surface area (Å²) in [6.45, 7) is 7.68. The molecule has 1 heterocycles. The molecule has 0 spiro atoms. The summed E-state index contributed by atoms with van der Waals surface area (Å²) in [7, 11) is 0. The van der Waals surface area contributed by atoms with Gasteiger partial charge in [0.05, 0.1) is 0 Å². The molecule has 4 rings (SSSR count). The molecule has 0 aliphatic rings. The van der Waals surface area contributed by atoms with Gasteiger partial charge < -0.3 is 9.73 Å². The fraction of sp³-hybridized carbons (Fsp3) is 0.222. The molecule has 0 saturated carbocycles. The summed E-state index contributed by atoms with van der Waals surface area (Å²) in [4.78, 5) is 15.1. The second-order valence-corrected chi connectivity index (χ2v) is 7.77. The number of carbonyl (C=O) groups excluding carboxylic acids is 1. The number of nitrogens with zero attached hydrogens (tertiary/aromatic N) is 3. The van der Waals surface area contributed by atoms with E-state index in [1.54, 1.807) is 12.1 Å². The van der Waals surface area contributed by atoms with Gasteiger partial charge in [-0.3, -0.25) is 9.69 Å². The third kappa shape index (κ3) is 5.54. The van der Waals surface area contributed by atoms with Crippen molar-refractivity contribution in [2.75, 3.05) is 13.1 Å². The molecule has 0 aliphatic carbocycles. The maximum absolute atomic E-state index is 12.7. The van der Waals surface area contributed by atoms with Crippen LogP contribution in [0, 0.1) is 0 Å². The van der Waals surface area contributed by atoms with Crippen LogP contribution < -0.4 is 5.32 Å². The number of benzene rings is 3. The Bertz CT molecular complexity index is 1180. The maximum atomic E-state index is 12.7. The normalized spacial score (nSPS) is 11.0. The molecule has 0 saturated heterocycles. The van der Waals surface area contributed by atoms with E-state index < -0.39 is 0 Å². The Morgan fingerprint density at radius 3 is 2.00 bits per heavy atom. The second kappa shape index (κ2) is 10.7. The molecule has 0 unspecified atom stereocenters. The molecule has 168 valence electrons. The average molecular weight is 441 g/mol. The highest BCUT2D eigenvalue weighted by Gasteiger charge is 2.12. The first kappa shape index (κ1) is 22.4. The Kier molecular flexibility index (Phi) is 7.27. The minimum atomic E-state index is -0.116. The van der Waals surface area contributed by atoms with E-state index in [1.165, 1.54) is 5.56 Å². The highest BCUT2D eigenvalue weighted by atomic mass is 16.4. The summed E-state index contributed by atoms with van der Waals surface area (Å²) in [6, 6.07) is 25.1. The number of hydrogen-bond donors (Lipinski definition) is 1. The van der Waals surface area contributed by atoms with Crippen molar-refractivity contribution in [2.45, 2.75) is 26.9 Å². The number of aromatic nitrogens is 2. The standard InChI is InChI=1S/C27H28N4O2/c1-3-31(4-2)19-24-13-9-8-12-23(24)18-28-25(32)20-14-16-22(17-15-20)27-30-29-26(33-27)21-10-6-5-7-11-21/h5-17H,3-4,18-19H2,1-2H3,(H,28,32). The molecule has 4 aromatic rings. The summed E-state index contributed by atoms with van der Waals surface area (Å²) in [5, 5.41) is 11.3. The van der Waals surface area contributed by atoms with Crippen LogP contribution >= 0.6 is 0 Å². The monoisotopic (exact) mass is 440 g/mol. The smallest absolute Gasteiger partial charge is 0.251 e. The molecule has 6 heteroatoms. The summed E-state index contributed by atoms with van der Waals surface area (Å²) >= 11 is 0. The summed E-state index contributed by atoms with van der Waals surface area (Å²) < 4.78 is 5.80. The van der Waals surface area contributed by atoms with E-state index in [9.17, 15) is 4.79 Å². The predicted molar refractivity (Wildman–Crippen MR) is 129 cm³/mol. The molecule has 3 aromatic carbocycles. The SMILES string of the molecule is CCN(CC)Cc1ccccc1CNC(=O)c1ccc(-c2nnc(-c3ccccc3)o2)cc1. The van der Waals surface area contributed by atoms with Crippen LogP contribution in [-0.2, 0) is 13.1 Å². The second-order valence-electron chi connectivity index (χ2n) is 7.77. The summed E-state index contributed by atoms with van der Waals surface area (Å²) in [5.74, 6) is 0.775. The van der Waals surface area contributed by atoms with Crippen molar-refractivity contribution in [3.63, 3.8) is 0 Å². The van der Waals surface area contributed by atoms with Crippen LogP contribution in [-0.4, -0.2) is 34.1 Å². The Morgan fingerprint density at radius 1 is 0.788 bits per heavy atom. The lowest BCUT2D eigenvalue weighted by Crippen LogP contribution is -2.26. The van der Waals surface area contributed by atoms with E-state index in [2.05, 4.69) is 46.4 Å². The van der Waals surface area contributed by atoms with Crippen LogP contribution in [0.1, 0.15) is 35.3 Å². The first-order valence-electron chi connectivity index (χ1n) is 11.2. The van der Waals surface area contributed by atoms with Gasteiger partial charge in [0, 0.05) is 29.8 Å². The zero-order valence-electron chi connectivity index (χ0n) is 19.0. The molecule has 1 aromatic heterocycles. The van der Waals surface area contributed by atoms with E-state index in [0.717, 1.165) is 36.3 Å². The van der Waals surface area contributed by atoms with Gasteiger partial charge in [-0.05, 0) is 60.6 Å². The third-order valence-corrected chi connectivity index (χ3v) is 5.69. The van der Waals surface area contributed by atoms with Gasteiger partial charge in [-0.25, -0.2) is 0 Å². The zero-order chi connectivity index (χ0) is 23.0. The zero-order valence-corrected chi connectivity index (χ0v) is 19.0. The van der Waals surface area contributed by atoms with E-state index in [0.29, 0.717) is 23.9 Å². The minimum Gasteiger partial charge on any atom is -0.416 e. The van der Waals surface area contributed by atoms with E-state index >= 15 is 0 Å². The Hall–Kier alpha value is -3.77. The van der Waals surface area contributed by atoms with E-state index in [4.69, 9.17) is 4.42 Å². The van der Waals surface area contributed by atoms with Gasteiger partial charge in [0.1, 0.15) is 0 Å². The highest BCUT2D eigenvalue weighted by Crippen LogP contribution is 2.24. The summed E-state index contributed by atoms with van der Waals surface area (Å²) in [6.07, 6.45) is 0. The maximum Gasteiger partial charge on any atom is 0.251 e. The molecule has 33 heavy (non-hydrogen) atoms. The van der Waals surface area contributed by atoms with Crippen LogP contribution in [0.4, 0.5) is 0 Å². The van der Waals surface area contributed by atoms with Crippen LogP contribution in [0.15, 0.2) is 83.3 Å². The van der Waals surface area contributed by atoms with Crippen molar-refractivity contribution in [2.24, 2.45) is 0 Å². The van der Waals surface area contributed by atoms with Crippen LogP contribution in [0.5, 0.6) is 0 Å². The van der Waals surface area contributed by atoms with Gasteiger partial charge >= 0.3 is 0 Å². The molecule has 1 amide bonds. The number of hydrogen-bond acceptors (Lipinski definition) is 5. The molecular formula is C27H28N4O2. The molecule has 0 bridgehead atoms. The number of carbonyl (C=O) groups is 1. The van der Waals surface area contributed by atoms with Crippen molar-refractivity contribution in [1.82, 2.24) is 20.4 Å². The lowest BCUT2D eigenvalue weighted by Gasteiger charge is -2.20. The van der Waals surface area contributed by atoms with Crippen molar-refractivity contribution >= 4 is 5.91 Å². The van der Waals surface area contributed by atoms with Gasteiger partial charge in [0.2, 0.25) is 11.8 Å². The highest BCUT2D eigenvalue weighted by molar-refractivity contribution is 5.94. The molecular weight excluding hydrogens is 412 g/mol. The van der Waals surface area contributed by atoms with Crippen LogP contribution in [0.3, 0.4) is 0 Å². The molecule has 0 aliphatic heterocycles. The largest absolute Gasteiger partial charge is 0.416 e. The van der Waals surface area contributed by atoms with Crippen molar-refractivity contribution in [3.05, 3.63) is 95.6 Å². The Morgan fingerprint density at radius 2 is 1.36 bits per heavy atom. The molecule has 1 N–H and O–H groups in total. The Labute approximate surface area is 194 Å². The fourth-order valence-corrected chi connectivity index (χ4v) is 3.65. The predicted octanol–water partition coefficient (Wildman–Crippen LogP) is 5.18. The van der Waals surface area contributed by atoms with Crippen LogP contribution in [0.2, 0.25) is 0 Å². The lowest BCUT2D eigenvalue weighted by molar-refractivity contribution is 0.0950. The molecule has 6 nitrogen and oxygen atoms in total. The number of rotatable bonds is 9. The van der Waals surface area contributed by atoms with Crippen molar-refractivity contribution in [1.29, 1.82) is 0 Å². The lowest BCUT2D eigenvalue weighted by atomic mass is 10.1. The Balaban J connectivity index is 1.40. The number of nitrogens with one attached hydrogen (secondary N) is 1. The van der Waals surface area contributed by atoms with Gasteiger partial charge in [-0.2, -0.15) is 0 Å². The quantitative estimate of drug-likeness (QED) is 0.389. The first-order valence-corrected chi connectivity index (χ1v) is 11.2. The van der Waals surface area contributed by atoms with Gasteiger partial charge in [0.15, 0.2) is 0 Å². The van der Waals surface area contributed by atoms with Gasteiger partial charge in [-0.15, -0.1) is 10.2 Å². The molecule has 0 radical (unpaired) electrons. The van der Waals surface area contributed by atoms with Gasteiger partial charge in [0.25, 0.3) is 5.91 Å². The van der Waals surface area contributed by atoms with E-state index in [1.807, 2.05) is 54.6 Å². The van der Waals surface area contributed by atoms with E-state index in [-0.39, 0.29) is 5.91 Å². The van der Waals surface area contributed by atoms with Crippen LogP contribution in [0.25, 0.3) is 22.9 Å². The van der Waals surface area contributed by atoms with Gasteiger partial charge in [-0.1, -0.05) is 56.3 Å². The third-order valence-electron chi connectivity index (χ3n) is 5.69. The minimum absolute atomic E-state index is 0.116. The summed E-state index contributed by atoms with van der Waals surface area (Å²) in [5.41, 5.74) is 4.60. The average Bonchev–Trinajstić information content (AvgIpc) is 3.37. The topological polar surface area (TPSA) is 71.3 Å². The molecule has 0 atom stereocenters. The number of amides is 1.